The lowest BCUT2D eigenvalue weighted by molar-refractivity contribution is -0.384. The zero-order chi connectivity index (χ0) is 14.0. The standard InChI is InChI=1S/C13H17N3O3.ClH/c1-9(14)13(17)15(11-5-6-11)8-10-3-2-4-12(7-10)16(18)19;/h2-4,7,9,11H,5-6,8,14H2,1H3;1H. The first-order valence-electron chi connectivity index (χ1n) is 6.28. The van der Waals surface area contributed by atoms with Crippen LogP contribution in [0, 0.1) is 10.1 Å². The molecule has 1 aromatic rings. The first kappa shape index (κ1) is 16.4. The van der Waals surface area contributed by atoms with Gasteiger partial charge >= 0.3 is 0 Å². The van der Waals surface area contributed by atoms with Gasteiger partial charge in [0.15, 0.2) is 0 Å². The first-order chi connectivity index (χ1) is 8.99. The topological polar surface area (TPSA) is 89.5 Å². The molecule has 2 rings (SSSR count). The molecule has 1 unspecified atom stereocenters. The summed E-state index contributed by atoms with van der Waals surface area (Å²) in [7, 11) is 0. The van der Waals surface area contributed by atoms with E-state index in [1.807, 2.05) is 0 Å². The van der Waals surface area contributed by atoms with Gasteiger partial charge in [-0.15, -0.1) is 12.4 Å². The van der Waals surface area contributed by atoms with Crippen LogP contribution in [0.25, 0.3) is 0 Å². The summed E-state index contributed by atoms with van der Waals surface area (Å²) in [5.74, 6) is -0.103. The normalized spacial score (nSPS) is 15.1. The van der Waals surface area contributed by atoms with Crippen molar-refractivity contribution in [1.29, 1.82) is 0 Å². The number of hydrogen-bond donors (Lipinski definition) is 1. The smallest absolute Gasteiger partial charge is 0.269 e. The molecule has 7 heteroatoms. The van der Waals surface area contributed by atoms with Gasteiger partial charge in [-0.05, 0) is 25.3 Å². The van der Waals surface area contributed by atoms with Gasteiger partial charge in [0.2, 0.25) is 5.91 Å². The second-order valence-electron chi connectivity index (χ2n) is 4.91. The number of non-ortho nitro benzene ring substituents is 1. The summed E-state index contributed by atoms with van der Waals surface area (Å²) < 4.78 is 0. The number of rotatable bonds is 5. The Labute approximate surface area is 123 Å². The number of nitro benzene ring substituents is 1. The van der Waals surface area contributed by atoms with Crippen LogP contribution in [0.4, 0.5) is 5.69 Å². The van der Waals surface area contributed by atoms with Crippen molar-refractivity contribution in [2.24, 2.45) is 5.73 Å². The van der Waals surface area contributed by atoms with Crippen molar-refractivity contribution in [2.75, 3.05) is 0 Å². The lowest BCUT2D eigenvalue weighted by Crippen LogP contribution is -2.42. The van der Waals surface area contributed by atoms with Crippen molar-refractivity contribution in [3.05, 3.63) is 39.9 Å². The molecule has 1 saturated carbocycles. The SMILES string of the molecule is CC(N)C(=O)N(Cc1cccc([N+](=O)[O-])c1)C1CC1.Cl. The van der Waals surface area contributed by atoms with E-state index in [1.54, 1.807) is 24.0 Å². The van der Waals surface area contributed by atoms with Crippen molar-refractivity contribution >= 4 is 24.0 Å². The molecule has 1 aromatic carbocycles. The van der Waals surface area contributed by atoms with E-state index in [-0.39, 0.29) is 30.0 Å². The highest BCUT2D eigenvalue weighted by Crippen LogP contribution is 2.29. The van der Waals surface area contributed by atoms with Crippen molar-refractivity contribution in [3.63, 3.8) is 0 Å². The van der Waals surface area contributed by atoms with E-state index >= 15 is 0 Å². The third-order valence-electron chi connectivity index (χ3n) is 3.13. The van der Waals surface area contributed by atoms with E-state index in [0.29, 0.717) is 6.54 Å². The number of carbonyl (C=O) groups is 1. The highest BCUT2D eigenvalue weighted by Gasteiger charge is 2.33. The number of halogens is 1. The van der Waals surface area contributed by atoms with E-state index in [2.05, 4.69) is 0 Å². The summed E-state index contributed by atoms with van der Waals surface area (Å²) in [6, 6.07) is 6.06. The Bertz CT molecular complexity index is 503. The molecule has 1 fully saturated rings. The molecule has 1 aliphatic rings. The molecule has 0 aromatic heterocycles. The molecular formula is C13H18ClN3O3. The highest BCUT2D eigenvalue weighted by atomic mass is 35.5. The van der Waals surface area contributed by atoms with Crippen LogP contribution in [0.5, 0.6) is 0 Å². The predicted octanol–water partition coefficient (Wildman–Crippen LogP) is 1.85. The summed E-state index contributed by atoms with van der Waals surface area (Å²) >= 11 is 0. The number of nitrogens with zero attached hydrogens (tertiary/aromatic N) is 2. The van der Waals surface area contributed by atoms with Crippen molar-refractivity contribution in [1.82, 2.24) is 4.90 Å². The molecule has 0 heterocycles. The lowest BCUT2D eigenvalue weighted by Gasteiger charge is -2.24. The Balaban J connectivity index is 0.00000200. The molecule has 20 heavy (non-hydrogen) atoms. The fourth-order valence-electron chi connectivity index (χ4n) is 2.00. The minimum absolute atomic E-state index is 0. The Morgan fingerprint density at radius 1 is 1.55 bits per heavy atom. The van der Waals surface area contributed by atoms with Crippen LogP contribution in [0.2, 0.25) is 0 Å². The summed E-state index contributed by atoms with van der Waals surface area (Å²) in [6.45, 7) is 2.04. The molecule has 0 aliphatic heterocycles. The maximum absolute atomic E-state index is 12.0. The molecule has 2 N–H and O–H groups in total. The Hall–Kier alpha value is -1.66. The van der Waals surface area contributed by atoms with Crippen LogP contribution in [0.15, 0.2) is 24.3 Å². The van der Waals surface area contributed by atoms with Crippen LogP contribution in [-0.4, -0.2) is 27.8 Å². The number of amides is 1. The monoisotopic (exact) mass is 299 g/mol. The van der Waals surface area contributed by atoms with Gasteiger partial charge in [0.1, 0.15) is 0 Å². The van der Waals surface area contributed by atoms with Crippen molar-refractivity contribution in [2.45, 2.75) is 38.4 Å². The van der Waals surface area contributed by atoms with Crippen LogP contribution < -0.4 is 5.73 Å². The molecular weight excluding hydrogens is 282 g/mol. The maximum atomic E-state index is 12.0. The van der Waals surface area contributed by atoms with Gasteiger partial charge in [-0.2, -0.15) is 0 Å². The second kappa shape index (κ2) is 6.67. The average molecular weight is 300 g/mol. The molecule has 0 bridgehead atoms. The van der Waals surface area contributed by atoms with Crippen LogP contribution >= 0.6 is 12.4 Å². The Morgan fingerprint density at radius 3 is 2.70 bits per heavy atom. The largest absolute Gasteiger partial charge is 0.334 e. The van der Waals surface area contributed by atoms with E-state index in [9.17, 15) is 14.9 Å². The van der Waals surface area contributed by atoms with E-state index in [4.69, 9.17) is 5.73 Å². The van der Waals surface area contributed by atoms with Gasteiger partial charge in [0.05, 0.1) is 11.0 Å². The second-order valence-corrected chi connectivity index (χ2v) is 4.91. The number of benzene rings is 1. The summed E-state index contributed by atoms with van der Waals surface area (Å²) in [4.78, 5) is 24.0. The molecule has 0 spiro atoms. The summed E-state index contributed by atoms with van der Waals surface area (Å²) in [5.41, 5.74) is 6.44. The predicted molar refractivity (Wildman–Crippen MR) is 77.6 cm³/mol. The Kier molecular flexibility index (Phi) is 5.47. The average Bonchev–Trinajstić information content (AvgIpc) is 3.19. The number of carbonyl (C=O) groups excluding carboxylic acids is 1. The molecule has 1 atom stereocenters. The van der Waals surface area contributed by atoms with E-state index < -0.39 is 11.0 Å². The van der Waals surface area contributed by atoms with Gasteiger partial charge in [-0.1, -0.05) is 12.1 Å². The zero-order valence-electron chi connectivity index (χ0n) is 11.2. The van der Waals surface area contributed by atoms with Gasteiger partial charge in [-0.25, -0.2) is 0 Å². The minimum atomic E-state index is -0.542. The number of nitro groups is 1. The van der Waals surface area contributed by atoms with Gasteiger partial charge < -0.3 is 10.6 Å². The highest BCUT2D eigenvalue weighted by molar-refractivity contribution is 5.85. The Morgan fingerprint density at radius 2 is 2.20 bits per heavy atom. The molecule has 0 radical (unpaired) electrons. The van der Waals surface area contributed by atoms with Crippen LogP contribution in [0.3, 0.4) is 0 Å². The number of hydrogen-bond acceptors (Lipinski definition) is 4. The minimum Gasteiger partial charge on any atom is -0.334 e. The van der Waals surface area contributed by atoms with Gasteiger partial charge in [-0.3, -0.25) is 14.9 Å². The molecule has 1 aliphatic carbocycles. The van der Waals surface area contributed by atoms with Crippen LogP contribution in [0.1, 0.15) is 25.3 Å². The zero-order valence-corrected chi connectivity index (χ0v) is 12.0. The quantitative estimate of drug-likeness (QED) is 0.663. The number of nitrogens with two attached hydrogens (primary N) is 1. The lowest BCUT2D eigenvalue weighted by atomic mass is 10.1. The van der Waals surface area contributed by atoms with Crippen molar-refractivity contribution in [3.8, 4) is 0 Å². The van der Waals surface area contributed by atoms with Crippen LogP contribution in [-0.2, 0) is 11.3 Å². The molecule has 1 amide bonds. The third kappa shape index (κ3) is 3.91. The first-order valence-corrected chi connectivity index (χ1v) is 6.28. The molecule has 6 nitrogen and oxygen atoms in total. The molecule has 110 valence electrons. The van der Waals surface area contributed by atoms with E-state index in [0.717, 1.165) is 18.4 Å². The summed E-state index contributed by atoms with van der Waals surface area (Å²) in [6.07, 6.45) is 1.96. The van der Waals surface area contributed by atoms with Gasteiger partial charge in [0, 0.05) is 24.7 Å². The summed E-state index contributed by atoms with van der Waals surface area (Å²) in [5, 5.41) is 10.7. The van der Waals surface area contributed by atoms with Crippen molar-refractivity contribution < 1.29 is 9.72 Å². The fraction of sp³-hybridized carbons (Fsp3) is 0.462. The maximum Gasteiger partial charge on any atom is 0.269 e. The van der Waals surface area contributed by atoms with E-state index in [1.165, 1.54) is 12.1 Å². The third-order valence-corrected chi connectivity index (χ3v) is 3.13. The molecule has 0 saturated heterocycles. The van der Waals surface area contributed by atoms with Gasteiger partial charge in [0.25, 0.3) is 5.69 Å². The fourth-order valence-corrected chi connectivity index (χ4v) is 2.00.